The van der Waals surface area contributed by atoms with E-state index < -0.39 is 72.4 Å². The van der Waals surface area contributed by atoms with Crippen molar-refractivity contribution in [3.8, 4) is 16.9 Å². The molecule has 2 aromatic carbocycles. The van der Waals surface area contributed by atoms with Crippen molar-refractivity contribution in [3.05, 3.63) is 64.8 Å². The van der Waals surface area contributed by atoms with E-state index in [1.807, 2.05) is 0 Å². The Hall–Kier alpha value is -4.78. The molecule has 12 nitrogen and oxygen atoms in total. The minimum atomic E-state index is -1.48. The zero-order valence-electron chi connectivity index (χ0n) is 23.0. The summed E-state index contributed by atoms with van der Waals surface area (Å²) in [7, 11) is 0. The number of ether oxygens (including phenoxy) is 6. The molecule has 0 amide bonds. The molecule has 0 saturated carbocycles. The van der Waals surface area contributed by atoms with Crippen LogP contribution in [0.25, 0.3) is 22.1 Å². The number of esters is 4. The first-order valence-electron chi connectivity index (χ1n) is 12.7. The fourth-order valence-corrected chi connectivity index (χ4v) is 4.47. The van der Waals surface area contributed by atoms with E-state index in [1.54, 1.807) is 6.07 Å². The van der Waals surface area contributed by atoms with Crippen LogP contribution in [0.2, 0.25) is 0 Å². The number of fused-ring (bicyclic) bond motifs is 1. The lowest BCUT2D eigenvalue weighted by molar-refractivity contribution is -0.288. The molecule has 1 fully saturated rings. The summed E-state index contributed by atoms with van der Waals surface area (Å²) < 4.78 is 53.0. The maximum Gasteiger partial charge on any atom is 0.303 e. The monoisotopic (exact) mass is 586 g/mol. The first-order valence-corrected chi connectivity index (χ1v) is 12.7. The van der Waals surface area contributed by atoms with Gasteiger partial charge in [-0.25, -0.2) is 4.39 Å². The molecular formula is C29H27FO12. The number of hydrogen-bond acceptors (Lipinski definition) is 12. The van der Waals surface area contributed by atoms with Gasteiger partial charge in [0.2, 0.25) is 17.8 Å². The third kappa shape index (κ3) is 6.92. The molecule has 42 heavy (non-hydrogen) atoms. The van der Waals surface area contributed by atoms with Gasteiger partial charge in [-0.2, -0.15) is 0 Å². The van der Waals surface area contributed by atoms with E-state index in [4.69, 9.17) is 32.8 Å². The topological polar surface area (TPSA) is 154 Å². The van der Waals surface area contributed by atoms with Crippen molar-refractivity contribution in [1.29, 1.82) is 0 Å². The first kappa shape index (κ1) is 30.2. The van der Waals surface area contributed by atoms with E-state index in [9.17, 15) is 28.4 Å². The largest absolute Gasteiger partial charge is 0.463 e. The summed E-state index contributed by atoms with van der Waals surface area (Å²) in [6.07, 6.45) is -5.78. The Balaban J connectivity index is 1.71. The zero-order valence-corrected chi connectivity index (χ0v) is 23.0. The molecule has 5 atom stereocenters. The van der Waals surface area contributed by atoms with Crippen LogP contribution >= 0.6 is 0 Å². The highest BCUT2D eigenvalue weighted by Crippen LogP contribution is 2.32. The molecule has 0 radical (unpaired) electrons. The Labute approximate surface area is 238 Å². The maximum absolute atomic E-state index is 14.3. The molecule has 3 aromatic rings. The lowest BCUT2D eigenvalue weighted by atomic mass is 9.98. The minimum absolute atomic E-state index is 0.0221. The van der Waals surface area contributed by atoms with Crippen molar-refractivity contribution in [2.45, 2.75) is 58.4 Å². The Kier molecular flexibility index (Phi) is 9.21. The van der Waals surface area contributed by atoms with Crippen LogP contribution in [0.5, 0.6) is 5.75 Å². The van der Waals surface area contributed by atoms with Crippen molar-refractivity contribution < 1.29 is 56.4 Å². The number of rotatable bonds is 8. The van der Waals surface area contributed by atoms with Gasteiger partial charge in [-0.05, 0) is 18.2 Å². The quantitative estimate of drug-likeness (QED) is 0.281. The smallest absolute Gasteiger partial charge is 0.303 e. The van der Waals surface area contributed by atoms with Gasteiger partial charge in [-0.3, -0.25) is 24.0 Å². The summed E-state index contributed by atoms with van der Waals surface area (Å²) in [5.41, 5.74) is -0.303. The number of benzene rings is 2. The van der Waals surface area contributed by atoms with Gasteiger partial charge in [0.25, 0.3) is 0 Å². The second-order valence-electron chi connectivity index (χ2n) is 9.30. The van der Waals surface area contributed by atoms with E-state index in [2.05, 4.69) is 0 Å². The van der Waals surface area contributed by atoms with E-state index in [1.165, 1.54) is 36.4 Å². The molecule has 0 unspecified atom stereocenters. The lowest BCUT2D eigenvalue weighted by Gasteiger charge is -2.43. The Morgan fingerprint density at radius 1 is 0.810 bits per heavy atom. The molecule has 1 saturated heterocycles. The van der Waals surface area contributed by atoms with Gasteiger partial charge in [-0.1, -0.05) is 18.2 Å². The molecule has 0 spiro atoms. The van der Waals surface area contributed by atoms with Crippen molar-refractivity contribution in [2.75, 3.05) is 6.61 Å². The van der Waals surface area contributed by atoms with Crippen molar-refractivity contribution in [2.24, 2.45) is 0 Å². The fraction of sp³-hybridized carbons (Fsp3) is 0.345. The fourth-order valence-electron chi connectivity index (χ4n) is 4.47. The predicted octanol–water partition coefficient (Wildman–Crippen LogP) is 3.06. The highest BCUT2D eigenvalue weighted by molar-refractivity contribution is 5.82. The van der Waals surface area contributed by atoms with Gasteiger partial charge in [0.15, 0.2) is 12.2 Å². The minimum Gasteiger partial charge on any atom is -0.463 e. The van der Waals surface area contributed by atoms with Gasteiger partial charge in [-0.15, -0.1) is 0 Å². The second-order valence-corrected chi connectivity index (χ2v) is 9.30. The van der Waals surface area contributed by atoms with Crippen LogP contribution in [-0.4, -0.2) is 61.2 Å². The standard InChI is InChI=1S/C29H27FO12/c1-14(31)36-13-24-26(38-15(2)32)27(39-16(3)33)28(40-17(4)34)29(42-24)41-18-9-10-20-23(11-18)37-12-21(25(20)35)19-7-5-6-8-22(19)30/h5-12,24,26-29H,13H2,1-4H3/t24-,26-,27+,28-,29-/m1/s1. The second kappa shape index (κ2) is 12.8. The van der Waals surface area contributed by atoms with Crippen molar-refractivity contribution >= 4 is 34.8 Å². The van der Waals surface area contributed by atoms with Gasteiger partial charge < -0.3 is 32.8 Å². The summed E-state index contributed by atoms with van der Waals surface area (Å²) in [5.74, 6) is -3.53. The van der Waals surface area contributed by atoms with E-state index in [0.717, 1.165) is 34.0 Å². The molecular weight excluding hydrogens is 559 g/mol. The van der Waals surface area contributed by atoms with Crippen LogP contribution in [0, 0.1) is 5.82 Å². The zero-order chi connectivity index (χ0) is 30.6. The number of halogens is 1. The third-order valence-corrected chi connectivity index (χ3v) is 6.11. The third-order valence-electron chi connectivity index (χ3n) is 6.11. The summed E-state index contributed by atoms with van der Waals surface area (Å²) in [5, 5.41) is 0.129. The van der Waals surface area contributed by atoms with Gasteiger partial charge in [0, 0.05) is 39.3 Å². The highest BCUT2D eigenvalue weighted by Gasteiger charge is 2.53. The summed E-state index contributed by atoms with van der Waals surface area (Å²) in [6, 6.07) is 9.92. The van der Waals surface area contributed by atoms with E-state index >= 15 is 0 Å². The highest BCUT2D eigenvalue weighted by atomic mass is 19.1. The van der Waals surface area contributed by atoms with E-state index in [0.29, 0.717) is 0 Å². The van der Waals surface area contributed by atoms with Crippen LogP contribution in [-0.2, 0) is 42.9 Å². The summed E-state index contributed by atoms with van der Waals surface area (Å²) in [4.78, 5) is 60.6. The normalized spacial score (nSPS) is 21.7. The van der Waals surface area contributed by atoms with E-state index in [-0.39, 0.29) is 27.8 Å². The molecule has 0 bridgehead atoms. The van der Waals surface area contributed by atoms with Crippen molar-refractivity contribution in [3.63, 3.8) is 0 Å². The molecule has 1 aliphatic rings. The first-order chi connectivity index (χ1) is 19.9. The number of carbonyl (C=O) groups excluding carboxylic acids is 4. The van der Waals surface area contributed by atoms with Gasteiger partial charge in [0.05, 0.1) is 10.9 Å². The summed E-state index contributed by atoms with van der Waals surface area (Å²) in [6.45, 7) is 4.04. The molecule has 0 aliphatic carbocycles. The van der Waals surface area contributed by atoms with Crippen LogP contribution in [0.4, 0.5) is 4.39 Å². The van der Waals surface area contributed by atoms with Gasteiger partial charge in [0.1, 0.15) is 36.1 Å². The molecule has 0 N–H and O–H groups in total. The SMILES string of the molecule is CC(=O)OC[C@H]1O[C@@H](Oc2ccc3c(=O)c(-c4ccccc4F)coc3c2)[C@H](OC(C)=O)[C@@H](OC(C)=O)[C@@H]1OC(C)=O. The Morgan fingerprint density at radius 3 is 2.10 bits per heavy atom. The van der Waals surface area contributed by atoms with Crippen LogP contribution in [0.3, 0.4) is 0 Å². The number of hydrogen-bond donors (Lipinski definition) is 0. The number of carbonyl (C=O) groups is 4. The molecule has 1 aromatic heterocycles. The molecule has 4 rings (SSSR count). The summed E-state index contributed by atoms with van der Waals surface area (Å²) >= 11 is 0. The lowest BCUT2D eigenvalue weighted by Crippen LogP contribution is -2.63. The molecule has 13 heteroatoms. The average Bonchev–Trinajstić information content (AvgIpc) is 2.91. The van der Waals surface area contributed by atoms with Crippen molar-refractivity contribution in [1.82, 2.24) is 0 Å². The maximum atomic E-state index is 14.3. The van der Waals surface area contributed by atoms with Gasteiger partial charge >= 0.3 is 23.9 Å². The Morgan fingerprint density at radius 2 is 1.45 bits per heavy atom. The average molecular weight is 587 g/mol. The Bertz CT molecular complexity index is 1560. The molecule has 2 heterocycles. The molecule has 222 valence electrons. The predicted molar refractivity (Wildman–Crippen MR) is 140 cm³/mol. The molecule has 1 aliphatic heterocycles. The van der Waals surface area contributed by atoms with Crippen LogP contribution in [0.1, 0.15) is 27.7 Å². The van der Waals surface area contributed by atoms with Crippen LogP contribution < -0.4 is 10.2 Å². The van der Waals surface area contributed by atoms with Crippen LogP contribution in [0.15, 0.2) is 57.9 Å².